The molecule has 1 aliphatic rings. The van der Waals surface area contributed by atoms with Crippen LogP contribution in [0.1, 0.15) is 20.8 Å². The summed E-state index contributed by atoms with van der Waals surface area (Å²) in [6.07, 6.45) is 0. The molecule has 0 atom stereocenters. The number of aliphatic imine (C=N–C) groups is 1. The monoisotopic (exact) mass is 231 g/mol. The number of carbonyl (C=O) groups is 1. The molecule has 1 amide bonds. The number of anilines is 1. The maximum Gasteiger partial charge on any atom is 0.267 e. The van der Waals surface area contributed by atoms with Gasteiger partial charge in [-0.15, -0.1) is 0 Å². The summed E-state index contributed by atoms with van der Waals surface area (Å²) in [7, 11) is 0. The minimum Gasteiger partial charge on any atom is -0.278 e. The lowest BCUT2D eigenvalue weighted by molar-refractivity contribution is -0.118. The maximum absolute atomic E-state index is 11.8. The van der Waals surface area contributed by atoms with Crippen molar-refractivity contribution in [3.63, 3.8) is 0 Å². The lowest BCUT2D eigenvalue weighted by Crippen LogP contribution is -2.54. The molecule has 1 aromatic rings. The summed E-state index contributed by atoms with van der Waals surface area (Å²) in [5.41, 5.74) is 3.85. The van der Waals surface area contributed by atoms with Gasteiger partial charge in [0.1, 0.15) is 12.4 Å². The van der Waals surface area contributed by atoms with Crippen LogP contribution in [-0.2, 0) is 4.79 Å². The number of hydrazine groups is 1. The number of carbonyl (C=O) groups excluding carboxylic acids is 1. The molecule has 2 rings (SSSR count). The molecule has 4 heteroatoms. The van der Waals surface area contributed by atoms with Gasteiger partial charge in [-0.25, -0.2) is 5.01 Å². The molecule has 0 saturated carbocycles. The van der Waals surface area contributed by atoms with Crippen LogP contribution < -0.4 is 10.4 Å². The van der Waals surface area contributed by atoms with Gasteiger partial charge in [0.15, 0.2) is 0 Å². The Balaban J connectivity index is 2.27. The summed E-state index contributed by atoms with van der Waals surface area (Å²) in [4.78, 5) is 16.1. The van der Waals surface area contributed by atoms with Crippen LogP contribution in [-0.4, -0.2) is 18.3 Å². The Kier molecular flexibility index (Phi) is 2.88. The Bertz CT molecular complexity index is 445. The Morgan fingerprint density at radius 3 is 2.47 bits per heavy atom. The van der Waals surface area contributed by atoms with E-state index in [9.17, 15) is 4.79 Å². The number of amidine groups is 1. The highest BCUT2D eigenvalue weighted by atomic mass is 16.2. The number of para-hydroxylation sites is 1. The SMILES string of the molecule is CC(C)(C)C1=NCC(=O)N(c2ccccc2)N1. The summed E-state index contributed by atoms with van der Waals surface area (Å²) < 4.78 is 0. The zero-order chi connectivity index (χ0) is 12.5. The molecule has 0 aliphatic carbocycles. The van der Waals surface area contributed by atoms with Crippen LogP contribution in [0.3, 0.4) is 0 Å². The molecule has 0 spiro atoms. The van der Waals surface area contributed by atoms with Crippen molar-refractivity contribution in [3.05, 3.63) is 30.3 Å². The van der Waals surface area contributed by atoms with Gasteiger partial charge in [-0.2, -0.15) is 0 Å². The number of nitrogens with one attached hydrogen (secondary N) is 1. The van der Waals surface area contributed by atoms with E-state index in [2.05, 4.69) is 31.2 Å². The van der Waals surface area contributed by atoms with Gasteiger partial charge in [-0.1, -0.05) is 39.0 Å². The molecular weight excluding hydrogens is 214 g/mol. The molecule has 0 unspecified atom stereocenters. The summed E-state index contributed by atoms with van der Waals surface area (Å²) in [6, 6.07) is 9.54. The van der Waals surface area contributed by atoms with Crippen molar-refractivity contribution in [1.82, 2.24) is 5.43 Å². The average molecular weight is 231 g/mol. The smallest absolute Gasteiger partial charge is 0.267 e. The van der Waals surface area contributed by atoms with E-state index in [1.807, 2.05) is 30.3 Å². The van der Waals surface area contributed by atoms with E-state index >= 15 is 0 Å². The van der Waals surface area contributed by atoms with Crippen molar-refractivity contribution in [2.45, 2.75) is 20.8 Å². The lowest BCUT2D eigenvalue weighted by atomic mass is 9.95. The molecule has 0 aromatic heterocycles. The number of hydrogen-bond donors (Lipinski definition) is 1. The van der Waals surface area contributed by atoms with Gasteiger partial charge in [0, 0.05) is 5.41 Å². The van der Waals surface area contributed by atoms with E-state index in [-0.39, 0.29) is 17.9 Å². The standard InChI is InChI=1S/C13H17N3O/c1-13(2,3)12-14-9-11(17)16(15-12)10-7-5-4-6-8-10/h4-8H,9H2,1-3H3,(H,14,15). The zero-order valence-electron chi connectivity index (χ0n) is 10.4. The van der Waals surface area contributed by atoms with Crippen LogP contribution in [0.15, 0.2) is 35.3 Å². The summed E-state index contributed by atoms with van der Waals surface area (Å²) in [6.45, 7) is 6.40. The second-order valence-corrected chi connectivity index (χ2v) is 5.09. The van der Waals surface area contributed by atoms with Crippen molar-refractivity contribution < 1.29 is 4.79 Å². The number of hydrogen-bond acceptors (Lipinski definition) is 3. The largest absolute Gasteiger partial charge is 0.278 e. The van der Waals surface area contributed by atoms with Gasteiger partial charge in [-0.3, -0.25) is 15.2 Å². The first-order chi connectivity index (χ1) is 7.98. The fraction of sp³-hybridized carbons (Fsp3) is 0.385. The van der Waals surface area contributed by atoms with E-state index in [0.717, 1.165) is 11.5 Å². The molecule has 1 N–H and O–H groups in total. The third-order valence-electron chi connectivity index (χ3n) is 2.56. The highest BCUT2D eigenvalue weighted by Crippen LogP contribution is 2.20. The number of amides is 1. The van der Waals surface area contributed by atoms with Crippen molar-refractivity contribution in [1.29, 1.82) is 0 Å². The molecule has 0 fully saturated rings. The average Bonchev–Trinajstić information content (AvgIpc) is 2.29. The first-order valence-electron chi connectivity index (χ1n) is 5.68. The van der Waals surface area contributed by atoms with Crippen molar-refractivity contribution in [3.8, 4) is 0 Å². The van der Waals surface area contributed by atoms with Gasteiger partial charge >= 0.3 is 0 Å². The van der Waals surface area contributed by atoms with Gasteiger partial charge < -0.3 is 0 Å². The second kappa shape index (κ2) is 4.20. The fourth-order valence-electron chi connectivity index (χ4n) is 1.61. The van der Waals surface area contributed by atoms with Crippen LogP contribution in [0.2, 0.25) is 0 Å². The van der Waals surface area contributed by atoms with Gasteiger partial charge in [-0.05, 0) is 12.1 Å². The van der Waals surface area contributed by atoms with E-state index in [4.69, 9.17) is 0 Å². The van der Waals surface area contributed by atoms with Crippen LogP contribution >= 0.6 is 0 Å². The molecule has 90 valence electrons. The van der Waals surface area contributed by atoms with E-state index in [1.165, 1.54) is 0 Å². The Labute approximate surface area is 101 Å². The van der Waals surface area contributed by atoms with Crippen LogP contribution in [0.25, 0.3) is 0 Å². The molecule has 0 bridgehead atoms. The number of nitrogens with zero attached hydrogens (tertiary/aromatic N) is 2. The third kappa shape index (κ3) is 2.46. The summed E-state index contributed by atoms with van der Waals surface area (Å²) >= 11 is 0. The predicted octanol–water partition coefficient (Wildman–Crippen LogP) is 1.98. The number of rotatable bonds is 1. The first kappa shape index (κ1) is 11.6. The molecule has 0 radical (unpaired) electrons. The second-order valence-electron chi connectivity index (χ2n) is 5.09. The minimum absolute atomic E-state index is 0.0378. The fourth-order valence-corrected chi connectivity index (χ4v) is 1.61. The van der Waals surface area contributed by atoms with E-state index < -0.39 is 0 Å². The molecule has 17 heavy (non-hydrogen) atoms. The molecule has 1 aliphatic heterocycles. The zero-order valence-corrected chi connectivity index (χ0v) is 10.4. The maximum atomic E-state index is 11.8. The Hall–Kier alpha value is -1.84. The van der Waals surface area contributed by atoms with E-state index in [0.29, 0.717) is 0 Å². The third-order valence-corrected chi connectivity index (χ3v) is 2.56. The Morgan fingerprint density at radius 2 is 1.88 bits per heavy atom. The van der Waals surface area contributed by atoms with Crippen molar-refractivity contribution >= 4 is 17.4 Å². The van der Waals surface area contributed by atoms with Crippen LogP contribution in [0.5, 0.6) is 0 Å². The number of benzene rings is 1. The van der Waals surface area contributed by atoms with Crippen molar-refractivity contribution in [2.24, 2.45) is 10.4 Å². The minimum atomic E-state index is -0.0896. The first-order valence-corrected chi connectivity index (χ1v) is 5.68. The molecular formula is C13H17N3O. The van der Waals surface area contributed by atoms with E-state index in [1.54, 1.807) is 5.01 Å². The quantitative estimate of drug-likeness (QED) is 0.803. The van der Waals surface area contributed by atoms with Gasteiger partial charge in [0.25, 0.3) is 5.91 Å². The van der Waals surface area contributed by atoms with Crippen molar-refractivity contribution in [2.75, 3.05) is 11.6 Å². The summed E-state index contributed by atoms with van der Waals surface area (Å²) in [5.74, 6) is 0.796. The normalized spacial score (nSPS) is 16.5. The van der Waals surface area contributed by atoms with Crippen LogP contribution in [0.4, 0.5) is 5.69 Å². The van der Waals surface area contributed by atoms with Gasteiger partial charge in [0.2, 0.25) is 0 Å². The molecule has 1 aromatic carbocycles. The topological polar surface area (TPSA) is 44.7 Å². The molecule has 0 saturated heterocycles. The summed E-state index contributed by atoms with van der Waals surface area (Å²) in [5, 5.41) is 1.56. The molecule has 4 nitrogen and oxygen atoms in total. The predicted molar refractivity (Wildman–Crippen MR) is 68.8 cm³/mol. The molecule has 1 heterocycles. The van der Waals surface area contributed by atoms with Gasteiger partial charge in [0.05, 0.1) is 5.69 Å². The lowest BCUT2D eigenvalue weighted by Gasteiger charge is -2.33. The Morgan fingerprint density at radius 1 is 1.24 bits per heavy atom. The highest BCUT2D eigenvalue weighted by Gasteiger charge is 2.28. The van der Waals surface area contributed by atoms with Crippen LogP contribution in [0, 0.1) is 5.41 Å². The highest BCUT2D eigenvalue weighted by molar-refractivity contribution is 6.03.